The van der Waals surface area contributed by atoms with Crippen molar-refractivity contribution in [3.63, 3.8) is 0 Å². The summed E-state index contributed by atoms with van der Waals surface area (Å²) in [6.45, 7) is 4.50. The number of nitrogens with zero attached hydrogens (tertiary/aromatic N) is 5. The fourth-order valence-electron chi connectivity index (χ4n) is 1.03. The Morgan fingerprint density at radius 2 is 1.26 bits per heavy atom. The second-order valence-electron chi connectivity index (χ2n) is 3.24. The van der Waals surface area contributed by atoms with Crippen LogP contribution in [-0.4, -0.2) is 9.13 Å². The van der Waals surface area contributed by atoms with E-state index in [1.807, 2.05) is 71.2 Å². The molecule has 0 spiro atoms. The number of imidazole rings is 2. The minimum atomic E-state index is 0. The number of aryl methyl sites for hydroxylation is 4. The van der Waals surface area contributed by atoms with Crippen LogP contribution in [0.3, 0.4) is 0 Å². The average molecular weight is 309 g/mol. The number of hydrogen-bond acceptors (Lipinski definition) is 1. The number of nitroso groups, excluding NO2 is 1. The SMILES string of the molecule is Cn1[c-][n+](C)cc1.Cn1[c-][n+](C)cc1.[C-]#[O+].[Co].[N]=O. The maximum absolute atomic E-state index is 7.50. The van der Waals surface area contributed by atoms with Gasteiger partial charge in [-0.2, -0.15) is 0 Å². The summed E-state index contributed by atoms with van der Waals surface area (Å²) < 4.78 is 15.0. The second kappa shape index (κ2) is 14.3. The monoisotopic (exact) mass is 309 g/mol. The quantitative estimate of drug-likeness (QED) is 0.342. The largest absolute Gasteiger partial charge is 0.120 e. The third-order valence-electron chi connectivity index (χ3n) is 1.66. The van der Waals surface area contributed by atoms with Crippen molar-refractivity contribution < 1.29 is 30.6 Å². The maximum atomic E-state index is 7.50. The Hall–Kier alpha value is -1.73. The van der Waals surface area contributed by atoms with E-state index >= 15 is 0 Å². The molecule has 0 bridgehead atoms. The zero-order chi connectivity index (χ0) is 14.6. The van der Waals surface area contributed by atoms with Crippen LogP contribution in [0.5, 0.6) is 0 Å². The van der Waals surface area contributed by atoms with Crippen molar-refractivity contribution >= 4 is 0 Å². The van der Waals surface area contributed by atoms with E-state index in [1.165, 1.54) is 0 Å². The topological polar surface area (TPSA) is 76.9 Å². The van der Waals surface area contributed by atoms with Crippen molar-refractivity contribution in [1.29, 1.82) is 0 Å². The van der Waals surface area contributed by atoms with Crippen molar-refractivity contribution in [3.8, 4) is 0 Å². The van der Waals surface area contributed by atoms with E-state index in [1.54, 1.807) is 0 Å². The van der Waals surface area contributed by atoms with Gasteiger partial charge in [0.1, 0.15) is 5.59 Å². The van der Waals surface area contributed by atoms with Gasteiger partial charge in [0, 0.05) is 16.8 Å². The zero-order valence-electron chi connectivity index (χ0n) is 11.2. The summed E-state index contributed by atoms with van der Waals surface area (Å²) in [6, 6.07) is 0. The molecule has 2 rings (SSSR count). The van der Waals surface area contributed by atoms with E-state index in [2.05, 4.69) is 19.3 Å². The van der Waals surface area contributed by atoms with Gasteiger partial charge in [-0.1, -0.05) is 0 Å². The molecule has 19 heavy (non-hydrogen) atoms. The van der Waals surface area contributed by atoms with Crippen molar-refractivity contribution in [3.05, 3.63) is 49.0 Å². The van der Waals surface area contributed by atoms with Crippen molar-refractivity contribution in [2.45, 2.75) is 0 Å². The standard InChI is InChI=1S/2C5H8N2.CO.Co.NO/c2*1-6-3-4-7(2)5-6;1-2;;1-2/h2*3-4H,1-2H3;;;. The average Bonchev–Trinajstić information content (AvgIpc) is 2.93. The molecule has 0 fully saturated rings. The van der Waals surface area contributed by atoms with Crippen LogP contribution in [0.25, 0.3) is 0 Å². The Morgan fingerprint density at radius 3 is 1.32 bits per heavy atom. The summed E-state index contributed by atoms with van der Waals surface area (Å²) in [6.07, 6.45) is 13.7. The zero-order valence-corrected chi connectivity index (χ0v) is 12.2. The molecule has 0 amide bonds. The molecule has 0 unspecified atom stereocenters. The Balaban J connectivity index is -0.000000205. The summed E-state index contributed by atoms with van der Waals surface area (Å²) >= 11 is 0. The van der Waals surface area contributed by atoms with Crippen molar-refractivity contribution in [1.82, 2.24) is 14.7 Å². The first-order valence-electron chi connectivity index (χ1n) is 4.77. The van der Waals surface area contributed by atoms with Gasteiger partial charge in [0.05, 0.1) is 28.2 Å². The van der Waals surface area contributed by atoms with Crippen LogP contribution >= 0.6 is 0 Å². The molecule has 2 aromatic heterocycles. The fourth-order valence-corrected chi connectivity index (χ4v) is 1.03. The van der Waals surface area contributed by atoms with Gasteiger partial charge >= 0.3 is 11.3 Å². The molecule has 8 heteroatoms. The molecular formula is C11H16CoN5O2. The van der Waals surface area contributed by atoms with Crippen LogP contribution in [0.1, 0.15) is 0 Å². The van der Waals surface area contributed by atoms with Crippen LogP contribution in [-0.2, 0) is 49.6 Å². The van der Waals surface area contributed by atoms with Crippen LogP contribution in [0, 0.1) is 24.2 Å². The summed E-state index contributed by atoms with van der Waals surface area (Å²) in [5.41, 5.74) is 5.75. The molecule has 0 aliphatic rings. The van der Waals surface area contributed by atoms with Gasteiger partial charge < -0.3 is 18.3 Å². The number of aromatic nitrogens is 4. The molecule has 7 nitrogen and oxygen atoms in total. The van der Waals surface area contributed by atoms with Crippen LogP contribution in [0.15, 0.2) is 24.8 Å². The first kappa shape index (κ1) is 22.4. The van der Waals surface area contributed by atoms with E-state index in [0.29, 0.717) is 0 Å². The van der Waals surface area contributed by atoms with Crippen LogP contribution in [0.2, 0.25) is 0 Å². The molecule has 0 N–H and O–H groups in total. The predicted molar refractivity (Wildman–Crippen MR) is 60.3 cm³/mol. The van der Waals surface area contributed by atoms with E-state index < -0.39 is 0 Å². The first-order valence-corrected chi connectivity index (χ1v) is 4.77. The number of hydrogen-bond donors (Lipinski definition) is 0. The van der Waals surface area contributed by atoms with Gasteiger partial charge in [-0.05, 0) is 24.8 Å². The molecule has 0 aromatic carbocycles. The van der Waals surface area contributed by atoms with Gasteiger partial charge in [0.2, 0.25) is 12.7 Å². The molecule has 2 aromatic rings. The Kier molecular flexibility index (Phi) is 16.9. The number of rotatable bonds is 0. The predicted octanol–water partition coefficient (Wildman–Crippen LogP) is -1.19. The summed E-state index contributed by atoms with van der Waals surface area (Å²) in [5.74, 6) is 0. The minimum Gasteiger partial charge on any atom is -0.120 e. The van der Waals surface area contributed by atoms with Gasteiger partial charge in [0.25, 0.3) is 0 Å². The maximum Gasteiger partial charge on any atom is 0.120 e. The van der Waals surface area contributed by atoms with E-state index in [4.69, 9.17) is 15.2 Å². The summed E-state index contributed by atoms with van der Waals surface area (Å²) in [7, 11) is 7.78. The van der Waals surface area contributed by atoms with E-state index in [-0.39, 0.29) is 16.8 Å². The van der Waals surface area contributed by atoms with Gasteiger partial charge in [-0.25, -0.2) is 0 Å². The first-order chi connectivity index (χ1) is 8.58. The van der Waals surface area contributed by atoms with Gasteiger partial charge in [-0.15, -0.1) is 4.91 Å². The smallest absolute Gasteiger partial charge is 0.120 e. The summed E-state index contributed by atoms with van der Waals surface area (Å²) in [5, 5.41) is 0. The van der Waals surface area contributed by atoms with Gasteiger partial charge in [0.15, 0.2) is 0 Å². The van der Waals surface area contributed by atoms with Crippen LogP contribution in [0.4, 0.5) is 0 Å². The molecule has 0 atom stereocenters. The molecule has 0 saturated heterocycles. The summed E-state index contributed by atoms with van der Waals surface area (Å²) in [4.78, 5) is 7.25. The fraction of sp³-hybridized carbons (Fsp3) is 0.364. The van der Waals surface area contributed by atoms with Gasteiger partial charge in [-0.3, -0.25) is 0 Å². The molecule has 0 aliphatic heterocycles. The normalized spacial score (nSPS) is 7.26. The van der Waals surface area contributed by atoms with Crippen molar-refractivity contribution in [2.24, 2.45) is 28.2 Å². The molecule has 2 heterocycles. The molecule has 2 radical (unpaired) electrons. The van der Waals surface area contributed by atoms with Crippen molar-refractivity contribution in [2.75, 3.05) is 0 Å². The van der Waals surface area contributed by atoms with E-state index in [0.717, 1.165) is 0 Å². The molecule has 0 saturated carbocycles. The third-order valence-corrected chi connectivity index (χ3v) is 1.66. The third kappa shape index (κ3) is 12.5. The molecular weight excluding hydrogens is 293 g/mol. The van der Waals surface area contributed by atoms with E-state index in [9.17, 15) is 0 Å². The minimum absolute atomic E-state index is 0. The van der Waals surface area contributed by atoms with Crippen LogP contribution < -0.4 is 14.7 Å². The molecule has 106 valence electrons. The Labute approximate surface area is 123 Å². The second-order valence-corrected chi connectivity index (χ2v) is 3.24. The molecule has 0 aliphatic carbocycles. The Bertz CT molecular complexity index is 381. The Morgan fingerprint density at radius 1 is 1.00 bits per heavy atom.